The van der Waals surface area contributed by atoms with E-state index in [1.54, 1.807) is 25.2 Å². The molecule has 3 amide bonds. The second kappa shape index (κ2) is 20.8. The quantitative estimate of drug-likeness (QED) is 0.0316. The van der Waals surface area contributed by atoms with Crippen LogP contribution in [0.3, 0.4) is 0 Å². The maximum Gasteiger partial charge on any atom is 0.336 e. The highest BCUT2D eigenvalue weighted by molar-refractivity contribution is 6.09. The summed E-state index contributed by atoms with van der Waals surface area (Å²) in [6.07, 6.45) is 8.55. The summed E-state index contributed by atoms with van der Waals surface area (Å²) in [6.45, 7) is 3.32. The van der Waals surface area contributed by atoms with Crippen molar-refractivity contribution in [3.8, 4) is 33.9 Å². The number of aromatic carboxylic acids is 1. The van der Waals surface area contributed by atoms with Crippen LogP contribution in [0.4, 0.5) is 5.69 Å². The Bertz CT molecular complexity index is 3620. The van der Waals surface area contributed by atoms with E-state index in [4.69, 9.17) is 9.15 Å². The number of ether oxygens (including phenoxy) is 1. The first-order valence-corrected chi connectivity index (χ1v) is 28.2. The number of benzene rings is 5. The van der Waals surface area contributed by atoms with E-state index in [1.165, 1.54) is 18.9 Å². The number of nitrogens with zero attached hydrogens (tertiary/aromatic N) is 4. The lowest BCUT2D eigenvalue weighted by Gasteiger charge is -2.63. The zero-order valence-electron chi connectivity index (χ0n) is 45.2. The number of phenols is 1. The molecule has 2 bridgehead atoms. The summed E-state index contributed by atoms with van der Waals surface area (Å²) in [5.41, 5.74) is 6.74. The van der Waals surface area contributed by atoms with Crippen molar-refractivity contribution in [2.24, 2.45) is 10.9 Å². The molecule has 1 aromatic heterocycles. The Hall–Kier alpha value is -7.69. The average molecular weight is 1070 g/mol. The van der Waals surface area contributed by atoms with Crippen LogP contribution >= 0.6 is 0 Å². The van der Waals surface area contributed by atoms with Gasteiger partial charge in [-0.25, -0.2) is 4.79 Å². The molecule has 12 rings (SSSR count). The average Bonchev–Trinajstić information content (AvgIpc) is 4.34. The Kier molecular flexibility index (Phi) is 13.7. The van der Waals surface area contributed by atoms with Crippen molar-refractivity contribution in [3.05, 3.63) is 130 Å². The van der Waals surface area contributed by atoms with Crippen molar-refractivity contribution in [2.45, 2.75) is 107 Å². The van der Waals surface area contributed by atoms with Crippen LogP contribution in [0.25, 0.3) is 44.3 Å². The van der Waals surface area contributed by atoms with Crippen molar-refractivity contribution in [2.75, 3.05) is 58.8 Å². The lowest BCUT2D eigenvalue weighted by Crippen LogP contribution is -2.74. The maximum atomic E-state index is 13.8. The summed E-state index contributed by atoms with van der Waals surface area (Å²) < 4.78 is 15.3. The highest BCUT2D eigenvalue weighted by Gasteiger charge is 2.73. The molecule has 4 atom stereocenters. The minimum Gasteiger partial charge on any atom is -0.504 e. The molecule has 1 saturated carbocycles. The monoisotopic (exact) mass is 1070 g/mol. The number of amides is 3. The molecule has 3 aliphatic heterocycles. The van der Waals surface area contributed by atoms with Gasteiger partial charge in [0.05, 0.1) is 27.6 Å². The number of carbonyl (C=O) groups excluding carboxylic acids is 3. The van der Waals surface area contributed by atoms with Gasteiger partial charge in [-0.15, -0.1) is 0 Å². The normalized spacial score (nSPS) is 20.9. The Labute approximate surface area is 458 Å². The Morgan fingerprint density at radius 2 is 1.58 bits per heavy atom. The molecule has 1 saturated heterocycles. The number of anilines is 1. The number of unbranched alkanes of at least 4 members (excludes halogenated alkanes) is 4. The van der Waals surface area contributed by atoms with Gasteiger partial charge < -0.3 is 49.9 Å². The van der Waals surface area contributed by atoms with E-state index in [2.05, 4.69) is 36.5 Å². The van der Waals surface area contributed by atoms with Gasteiger partial charge in [0.2, 0.25) is 11.8 Å². The van der Waals surface area contributed by atoms with Crippen LogP contribution in [-0.4, -0.2) is 114 Å². The van der Waals surface area contributed by atoms with Crippen molar-refractivity contribution in [1.29, 1.82) is 0 Å². The Balaban J connectivity index is 0.598. The number of fused-ring (bicyclic) bond motifs is 6. The van der Waals surface area contributed by atoms with Gasteiger partial charge in [-0.3, -0.25) is 24.3 Å². The number of aromatic nitrogens is 1. The molecule has 4 heterocycles. The number of para-hydroxylation sites is 1. The molecular weight excluding hydrogens is 999 g/mol. The summed E-state index contributed by atoms with van der Waals surface area (Å²) in [5.74, 6) is 0.149. The van der Waals surface area contributed by atoms with E-state index in [-0.39, 0.29) is 47.2 Å². The summed E-state index contributed by atoms with van der Waals surface area (Å²) in [6, 6.07) is 28.0. The number of phenolic OH excluding ortho intramolecular Hbond substituents is 1. The third kappa shape index (κ3) is 9.15. The van der Waals surface area contributed by atoms with Crippen LogP contribution in [0, 0.1) is 5.92 Å². The number of aromatic hydroxyl groups is 1. The summed E-state index contributed by atoms with van der Waals surface area (Å²) in [7, 11) is 5.58. The third-order valence-electron chi connectivity index (χ3n) is 17.7. The first kappa shape index (κ1) is 52.0. The molecule has 7 aliphatic rings. The molecule has 0 radical (unpaired) electrons. The summed E-state index contributed by atoms with van der Waals surface area (Å²) in [5, 5.41) is 46.6. The number of aliphatic hydroxyl groups is 1. The highest BCUT2D eigenvalue weighted by Crippen LogP contribution is 2.69. The summed E-state index contributed by atoms with van der Waals surface area (Å²) >= 11 is 0. The fraction of sp³-hybridized carbons (Fsp3) is 0.413. The molecule has 2 fully saturated rings. The number of nitrogens with one attached hydrogen (secondary N) is 3. The van der Waals surface area contributed by atoms with Gasteiger partial charge >= 0.3 is 5.97 Å². The zero-order valence-corrected chi connectivity index (χ0v) is 45.2. The van der Waals surface area contributed by atoms with Crippen LogP contribution in [-0.2, 0) is 34.4 Å². The van der Waals surface area contributed by atoms with Crippen molar-refractivity contribution in [1.82, 2.24) is 25.4 Å². The van der Waals surface area contributed by atoms with E-state index in [0.717, 1.165) is 94.1 Å². The van der Waals surface area contributed by atoms with Crippen molar-refractivity contribution >= 4 is 51.3 Å². The van der Waals surface area contributed by atoms with Gasteiger partial charge in [0.25, 0.3) is 5.91 Å². The molecular formula is C63H69N7O9. The van der Waals surface area contributed by atoms with E-state index in [0.29, 0.717) is 92.3 Å². The molecule has 16 heteroatoms. The van der Waals surface area contributed by atoms with Crippen LogP contribution < -0.4 is 30.9 Å². The number of rotatable bonds is 20. The Morgan fingerprint density at radius 1 is 0.823 bits per heavy atom. The number of likely N-dealkylation sites (tertiary alicyclic amines) is 1. The number of hydrogen-bond acceptors (Lipinski definition) is 11. The van der Waals surface area contributed by atoms with E-state index in [1.807, 2.05) is 79.7 Å². The van der Waals surface area contributed by atoms with Crippen molar-refractivity contribution in [3.63, 3.8) is 0 Å². The number of carbonyl (C=O) groups is 4. The van der Waals surface area contributed by atoms with E-state index in [9.17, 15) is 34.5 Å². The molecule has 79 heavy (non-hydrogen) atoms. The van der Waals surface area contributed by atoms with Crippen LogP contribution in [0.2, 0.25) is 0 Å². The standard InChI is InChI=1S/C63H69N7O9/c1-64-40-19-22-44-50(32-40)78-51-33-41(68(2)3)20-23-45(51)55(44)43-21-17-39(30-46(43)61(75)76)60(74)67-28-11-5-10-26-65-53(72)14-6-4-9-27-66-54(73)36-70-48-13-8-7-12-42(48)47-34-63(77)52-31-38-18-24-49(71)58-56(38)62(63,59(79-58)57(47)70)25-29-69(52)35-37-15-16-37/h7-8,12-13,17-24,30,32-33,37,52,59,71,77H,4-6,9-11,14-16,25-29,31,34-36H2,1-3H3,(H,65,72)(H,66,73)(H,67,74)(H,75,76). The molecule has 16 nitrogen and oxygen atoms in total. The zero-order chi connectivity index (χ0) is 54.7. The second-order valence-corrected chi connectivity index (χ2v) is 22.7. The third-order valence-corrected chi connectivity index (χ3v) is 17.7. The lowest BCUT2D eigenvalue weighted by atomic mass is 9.49. The lowest BCUT2D eigenvalue weighted by molar-refractivity contribution is -0.173. The molecule has 410 valence electrons. The number of piperidine rings is 1. The predicted molar refractivity (Wildman–Crippen MR) is 302 cm³/mol. The van der Waals surface area contributed by atoms with E-state index < -0.39 is 23.1 Å². The molecule has 6 N–H and O–H groups in total. The SMILES string of the molecule is CN=c1ccc2c(-c3ccc(C(=O)NCCCCCNC(=O)CCCCCNC(=O)Cn4c5c(c6ccccc64)CC4(O)C6Cc7ccc(O)c8c7C4(CCN6CC4CC4)C5O8)cc3C(=O)O)c3ccc(N(C)C)cc3oc-2c1. The van der Waals surface area contributed by atoms with Gasteiger partial charge in [-0.1, -0.05) is 36.8 Å². The Morgan fingerprint density at radius 3 is 2.35 bits per heavy atom. The smallest absolute Gasteiger partial charge is 0.336 e. The molecule has 4 aliphatic carbocycles. The largest absolute Gasteiger partial charge is 0.504 e. The first-order valence-electron chi connectivity index (χ1n) is 28.2. The van der Waals surface area contributed by atoms with Crippen molar-refractivity contribution < 1.29 is 43.7 Å². The maximum absolute atomic E-state index is 13.8. The molecule has 1 spiro atoms. The van der Waals surface area contributed by atoms with Crippen LogP contribution in [0.15, 0.2) is 100 Å². The summed E-state index contributed by atoms with van der Waals surface area (Å²) in [4.78, 5) is 61.5. The first-order chi connectivity index (χ1) is 38.3. The van der Waals surface area contributed by atoms with Crippen LogP contribution in [0.1, 0.15) is 113 Å². The molecule has 4 unspecified atom stereocenters. The topological polar surface area (TPSA) is 211 Å². The van der Waals surface area contributed by atoms with Gasteiger partial charge in [0, 0.05) is 123 Å². The minimum absolute atomic E-state index is 0.000474. The number of carboxylic acids is 1. The number of carboxylic acid groups (broad SMARTS) is 1. The number of hydrogen-bond donors (Lipinski definition) is 6. The predicted octanol–water partition coefficient (Wildman–Crippen LogP) is 8.25. The van der Waals surface area contributed by atoms with E-state index >= 15 is 0 Å². The van der Waals surface area contributed by atoms with Gasteiger partial charge in [-0.2, -0.15) is 0 Å². The van der Waals surface area contributed by atoms with Gasteiger partial charge in [-0.05, 0) is 135 Å². The fourth-order valence-electron chi connectivity index (χ4n) is 13.7. The second-order valence-electron chi connectivity index (χ2n) is 22.7. The van der Waals surface area contributed by atoms with Gasteiger partial charge in [0.1, 0.15) is 17.9 Å². The van der Waals surface area contributed by atoms with Gasteiger partial charge in [0.15, 0.2) is 17.6 Å². The minimum atomic E-state index is -1.15. The molecule has 4 aromatic carbocycles. The van der Waals surface area contributed by atoms with Crippen LogP contribution in [0.5, 0.6) is 11.5 Å². The molecule has 5 aromatic rings. The highest BCUT2D eigenvalue weighted by atomic mass is 16.5. The fourth-order valence-corrected chi connectivity index (χ4v) is 13.7.